The summed E-state index contributed by atoms with van der Waals surface area (Å²) in [5.41, 5.74) is 1.98. The fourth-order valence-electron chi connectivity index (χ4n) is 2.65. The van der Waals surface area contributed by atoms with Crippen LogP contribution in [0.2, 0.25) is 0 Å². The normalized spacial score (nSPS) is 18.5. The van der Waals surface area contributed by atoms with E-state index in [9.17, 15) is 4.79 Å². The molecule has 0 aromatic carbocycles. The van der Waals surface area contributed by atoms with Crippen LogP contribution < -0.4 is 5.32 Å². The van der Waals surface area contributed by atoms with Gasteiger partial charge in [0, 0.05) is 24.7 Å². The summed E-state index contributed by atoms with van der Waals surface area (Å²) in [6, 6.07) is 0.209. The first-order valence-electron chi connectivity index (χ1n) is 7.81. The number of hydrogen-bond acceptors (Lipinski definition) is 4. The second-order valence-electron chi connectivity index (χ2n) is 5.50. The van der Waals surface area contributed by atoms with Gasteiger partial charge in [-0.25, -0.2) is 9.97 Å². The number of allylic oxidation sites excluding steroid dienone is 1. The van der Waals surface area contributed by atoms with Gasteiger partial charge in [-0.1, -0.05) is 25.7 Å². The Kier molecular flexibility index (Phi) is 5.69. The van der Waals surface area contributed by atoms with Crippen molar-refractivity contribution in [2.45, 2.75) is 39.2 Å². The zero-order valence-electron chi connectivity index (χ0n) is 13.4. The smallest absolute Gasteiger partial charge is 0.246 e. The average Bonchev–Trinajstić information content (AvgIpc) is 2.54. The van der Waals surface area contributed by atoms with Crippen molar-refractivity contribution in [1.29, 1.82) is 0 Å². The van der Waals surface area contributed by atoms with Crippen molar-refractivity contribution in [1.82, 2.24) is 14.9 Å². The van der Waals surface area contributed by atoms with Gasteiger partial charge >= 0.3 is 0 Å². The standard InChI is InChI=1S/C17H24N4O/c1-4-6-9-15-13(3)18-12-19-17(15)20-14-8-7-10-21(11-14)16(22)5-2/h5-6,9,12,14H,2,4,7-8,10-11H2,1,3H3,(H,18,19,20)/b9-6-/t14-/m1/s1. The summed E-state index contributed by atoms with van der Waals surface area (Å²) in [7, 11) is 0. The molecule has 0 bridgehead atoms. The molecule has 1 aliphatic rings. The van der Waals surface area contributed by atoms with Crippen LogP contribution in [-0.2, 0) is 4.79 Å². The van der Waals surface area contributed by atoms with Gasteiger partial charge in [-0.2, -0.15) is 0 Å². The van der Waals surface area contributed by atoms with Gasteiger partial charge in [0.25, 0.3) is 0 Å². The minimum absolute atomic E-state index is 0.00327. The minimum atomic E-state index is -0.00327. The van der Waals surface area contributed by atoms with Crippen molar-refractivity contribution in [3.05, 3.63) is 36.3 Å². The second-order valence-corrected chi connectivity index (χ2v) is 5.50. The van der Waals surface area contributed by atoms with Crippen molar-refractivity contribution in [2.24, 2.45) is 0 Å². The van der Waals surface area contributed by atoms with Crippen LogP contribution in [0.4, 0.5) is 5.82 Å². The van der Waals surface area contributed by atoms with Crippen molar-refractivity contribution in [3.63, 3.8) is 0 Å². The first-order valence-corrected chi connectivity index (χ1v) is 7.81. The number of nitrogens with zero attached hydrogens (tertiary/aromatic N) is 3. The number of hydrogen-bond donors (Lipinski definition) is 1. The number of nitrogens with one attached hydrogen (secondary N) is 1. The number of aromatic nitrogens is 2. The molecule has 118 valence electrons. The zero-order valence-corrected chi connectivity index (χ0v) is 13.4. The molecule has 0 aliphatic carbocycles. The molecule has 2 heterocycles. The molecule has 1 saturated heterocycles. The number of carbonyl (C=O) groups excluding carboxylic acids is 1. The summed E-state index contributed by atoms with van der Waals surface area (Å²) in [5, 5.41) is 3.48. The lowest BCUT2D eigenvalue weighted by Crippen LogP contribution is -2.44. The molecule has 1 atom stereocenters. The van der Waals surface area contributed by atoms with E-state index in [-0.39, 0.29) is 11.9 Å². The van der Waals surface area contributed by atoms with Gasteiger partial charge in [0.05, 0.1) is 5.69 Å². The molecule has 22 heavy (non-hydrogen) atoms. The Labute approximate surface area is 132 Å². The van der Waals surface area contributed by atoms with Crippen molar-refractivity contribution >= 4 is 17.8 Å². The van der Waals surface area contributed by atoms with Crippen LogP contribution in [0.15, 0.2) is 25.1 Å². The van der Waals surface area contributed by atoms with Gasteiger partial charge in [-0.3, -0.25) is 4.79 Å². The lowest BCUT2D eigenvalue weighted by Gasteiger charge is -2.33. The quantitative estimate of drug-likeness (QED) is 0.850. The Morgan fingerprint density at radius 3 is 3.09 bits per heavy atom. The predicted molar refractivity (Wildman–Crippen MR) is 89.5 cm³/mol. The van der Waals surface area contributed by atoms with E-state index < -0.39 is 0 Å². The first kappa shape index (κ1) is 16.2. The molecule has 1 fully saturated rings. The fourth-order valence-corrected chi connectivity index (χ4v) is 2.65. The number of rotatable bonds is 5. The van der Waals surface area contributed by atoms with E-state index in [4.69, 9.17) is 0 Å². The molecule has 0 unspecified atom stereocenters. The Morgan fingerprint density at radius 2 is 2.36 bits per heavy atom. The van der Waals surface area contributed by atoms with Gasteiger partial charge < -0.3 is 10.2 Å². The summed E-state index contributed by atoms with van der Waals surface area (Å²) in [4.78, 5) is 22.2. The van der Waals surface area contributed by atoms with Gasteiger partial charge in [-0.15, -0.1) is 0 Å². The third-order valence-corrected chi connectivity index (χ3v) is 3.85. The maximum absolute atomic E-state index is 11.8. The van der Waals surface area contributed by atoms with Crippen LogP contribution in [0.25, 0.3) is 6.08 Å². The molecule has 5 heteroatoms. The number of aryl methyl sites for hydroxylation is 1. The maximum Gasteiger partial charge on any atom is 0.246 e. The first-order chi connectivity index (χ1) is 10.7. The van der Waals surface area contributed by atoms with E-state index in [1.165, 1.54) is 6.08 Å². The van der Waals surface area contributed by atoms with Crippen LogP contribution in [0.5, 0.6) is 0 Å². The van der Waals surface area contributed by atoms with E-state index in [0.717, 1.165) is 42.9 Å². The highest BCUT2D eigenvalue weighted by Gasteiger charge is 2.23. The zero-order chi connectivity index (χ0) is 15.9. The Hall–Kier alpha value is -2.17. The molecule has 1 amide bonds. The molecule has 5 nitrogen and oxygen atoms in total. The SMILES string of the molecule is C=CC(=O)N1CCC[C@@H](Nc2ncnc(C)c2/C=C\CC)C1. The topological polar surface area (TPSA) is 58.1 Å². The van der Waals surface area contributed by atoms with Crippen LogP contribution >= 0.6 is 0 Å². The van der Waals surface area contributed by atoms with Gasteiger partial charge in [-0.05, 0) is 32.3 Å². The lowest BCUT2D eigenvalue weighted by molar-refractivity contribution is -0.127. The molecular weight excluding hydrogens is 276 g/mol. The highest BCUT2D eigenvalue weighted by molar-refractivity contribution is 5.87. The van der Waals surface area contributed by atoms with Crippen molar-refractivity contribution < 1.29 is 4.79 Å². The van der Waals surface area contributed by atoms with E-state index in [1.54, 1.807) is 6.33 Å². The summed E-state index contributed by atoms with van der Waals surface area (Å²) in [6.07, 6.45) is 10.1. The number of anilines is 1. The Bertz CT molecular complexity index is 568. The minimum Gasteiger partial charge on any atom is -0.365 e. The Morgan fingerprint density at radius 1 is 1.55 bits per heavy atom. The number of carbonyl (C=O) groups is 1. The fraction of sp³-hybridized carbons (Fsp3) is 0.471. The van der Waals surface area contributed by atoms with Crippen LogP contribution in [0, 0.1) is 6.92 Å². The molecule has 2 rings (SSSR count). The number of piperidine rings is 1. The van der Waals surface area contributed by atoms with Gasteiger partial charge in [0.15, 0.2) is 0 Å². The van der Waals surface area contributed by atoms with E-state index >= 15 is 0 Å². The van der Waals surface area contributed by atoms with E-state index in [1.807, 2.05) is 11.8 Å². The maximum atomic E-state index is 11.8. The summed E-state index contributed by atoms with van der Waals surface area (Å²) in [6.45, 7) is 9.13. The van der Waals surface area contributed by atoms with Crippen molar-refractivity contribution in [3.8, 4) is 0 Å². The third kappa shape index (κ3) is 3.93. The van der Waals surface area contributed by atoms with E-state index in [2.05, 4.69) is 40.9 Å². The van der Waals surface area contributed by atoms with Crippen LogP contribution in [0.1, 0.15) is 37.4 Å². The highest BCUT2D eigenvalue weighted by atomic mass is 16.2. The third-order valence-electron chi connectivity index (χ3n) is 3.85. The lowest BCUT2D eigenvalue weighted by atomic mass is 10.0. The molecule has 1 aliphatic heterocycles. The van der Waals surface area contributed by atoms with Gasteiger partial charge in [0.2, 0.25) is 5.91 Å². The molecule has 1 aromatic rings. The number of likely N-dealkylation sites (tertiary alicyclic amines) is 1. The molecule has 0 saturated carbocycles. The molecule has 1 aromatic heterocycles. The Balaban J connectivity index is 2.13. The molecule has 0 radical (unpaired) electrons. The van der Waals surface area contributed by atoms with E-state index in [0.29, 0.717) is 6.54 Å². The summed E-state index contributed by atoms with van der Waals surface area (Å²) >= 11 is 0. The molecular formula is C17H24N4O. The number of amides is 1. The van der Waals surface area contributed by atoms with Gasteiger partial charge in [0.1, 0.15) is 12.1 Å². The van der Waals surface area contributed by atoms with Crippen molar-refractivity contribution in [2.75, 3.05) is 18.4 Å². The molecule has 0 spiro atoms. The summed E-state index contributed by atoms with van der Waals surface area (Å²) < 4.78 is 0. The molecule has 1 N–H and O–H groups in total. The summed E-state index contributed by atoms with van der Waals surface area (Å²) in [5.74, 6) is 0.839. The average molecular weight is 300 g/mol. The predicted octanol–water partition coefficient (Wildman–Crippen LogP) is 2.80. The largest absolute Gasteiger partial charge is 0.365 e. The van der Waals surface area contributed by atoms with Crippen LogP contribution in [-0.4, -0.2) is 39.9 Å². The van der Waals surface area contributed by atoms with Crippen LogP contribution in [0.3, 0.4) is 0 Å². The highest BCUT2D eigenvalue weighted by Crippen LogP contribution is 2.21. The monoisotopic (exact) mass is 300 g/mol. The second kappa shape index (κ2) is 7.73.